The Morgan fingerprint density at radius 3 is 1.97 bits per heavy atom. The first kappa shape index (κ1) is 25.1. The summed E-state index contributed by atoms with van der Waals surface area (Å²) in [5.41, 5.74) is 1.63. The van der Waals surface area contributed by atoms with E-state index in [0.717, 1.165) is 11.1 Å². The average Bonchev–Trinajstić information content (AvgIpc) is 2.66. The number of para-hydroxylation sites is 1. The highest BCUT2D eigenvalue weighted by Crippen LogP contribution is 2.31. The molecular weight excluding hydrogens is 422 g/mol. The number of amides is 1. The molecule has 0 spiro atoms. The molecule has 0 aliphatic carbocycles. The number of hydrogen-bond donors (Lipinski definition) is 1. The van der Waals surface area contributed by atoms with E-state index in [1.165, 1.54) is 27.7 Å². The lowest BCUT2D eigenvalue weighted by Crippen LogP contribution is -2.67. The van der Waals surface area contributed by atoms with E-state index in [9.17, 15) is 19.2 Å². The van der Waals surface area contributed by atoms with Crippen LogP contribution in [0.5, 0.6) is 5.75 Å². The van der Waals surface area contributed by atoms with E-state index >= 15 is 0 Å². The van der Waals surface area contributed by atoms with Gasteiger partial charge in [0.05, 0.1) is 0 Å². The molecule has 0 saturated carbocycles. The summed E-state index contributed by atoms with van der Waals surface area (Å²) in [6, 6.07) is 4.54. The smallest absolute Gasteiger partial charge is 0.303 e. The molecule has 1 N–H and O–H groups in total. The number of carbonyl (C=O) groups excluding carboxylic acids is 4. The maximum absolute atomic E-state index is 12.0. The summed E-state index contributed by atoms with van der Waals surface area (Å²) in [5, 5.41) is 2.67. The zero-order chi connectivity index (χ0) is 24.0. The minimum absolute atomic E-state index is 0.287. The van der Waals surface area contributed by atoms with Crippen molar-refractivity contribution in [3.8, 4) is 5.75 Å². The van der Waals surface area contributed by atoms with Crippen LogP contribution in [0.1, 0.15) is 38.8 Å². The number of aryl methyl sites for hydroxylation is 2. The Balaban J connectivity index is 2.50. The average molecular weight is 451 g/mol. The van der Waals surface area contributed by atoms with Gasteiger partial charge in [-0.2, -0.15) is 0 Å². The number of carbonyl (C=O) groups is 4. The lowest BCUT2D eigenvalue weighted by atomic mass is 9.96. The molecule has 1 saturated heterocycles. The van der Waals surface area contributed by atoms with E-state index in [0.29, 0.717) is 5.75 Å². The van der Waals surface area contributed by atoms with E-state index in [4.69, 9.17) is 23.7 Å². The monoisotopic (exact) mass is 451 g/mol. The highest BCUT2D eigenvalue weighted by Gasteiger charge is 2.52. The van der Waals surface area contributed by atoms with Crippen molar-refractivity contribution in [2.24, 2.45) is 0 Å². The number of rotatable bonds is 7. The summed E-state index contributed by atoms with van der Waals surface area (Å²) in [6.07, 6.45) is -4.49. The predicted molar refractivity (Wildman–Crippen MR) is 111 cm³/mol. The van der Waals surface area contributed by atoms with Crippen LogP contribution in [-0.2, 0) is 38.1 Å². The van der Waals surface area contributed by atoms with Gasteiger partial charge in [0, 0.05) is 27.7 Å². The van der Waals surface area contributed by atoms with Gasteiger partial charge in [0.1, 0.15) is 24.5 Å². The zero-order valence-corrected chi connectivity index (χ0v) is 19.0. The van der Waals surface area contributed by atoms with Gasteiger partial charge in [0.25, 0.3) is 0 Å². The molecule has 1 aliphatic rings. The Kier molecular flexibility index (Phi) is 8.59. The summed E-state index contributed by atoms with van der Waals surface area (Å²) in [5.74, 6) is -1.83. The first-order chi connectivity index (χ1) is 15.0. The van der Waals surface area contributed by atoms with Crippen LogP contribution in [0.3, 0.4) is 0 Å². The number of benzene rings is 1. The Morgan fingerprint density at radius 2 is 1.47 bits per heavy atom. The summed E-state index contributed by atoms with van der Waals surface area (Å²) < 4.78 is 28.0. The second kappa shape index (κ2) is 10.9. The normalized spacial score (nSPS) is 24.8. The molecule has 0 bridgehead atoms. The lowest BCUT2D eigenvalue weighted by Gasteiger charge is -2.45. The first-order valence-corrected chi connectivity index (χ1v) is 10.1. The molecule has 1 aromatic carbocycles. The summed E-state index contributed by atoms with van der Waals surface area (Å²) in [6.45, 7) is 8.28. The van der Waals surface area contributed by atoms with Gasteiger partial charge in [0.15, 0.2) is 12.2 Å². The molecular formula is C22H29NO9. The van der Waals surface area contributed by atoms with Crippen LogP contribution in [0.25, 0.3) is 0 Å². The van der Waals surface area contributed by atoms with E-state index in [2.05, 4.69) is 5.32 Å². The molecule has 10 heteroatoms. The Hall–Kier alpha value is -3.14. The van der Waals surface area contributed by atoms with E-state index in [1.54, 1.807) is 0 Å². The van der Waals surface area contributed by atoms with Crippen molar-refractivity contribution in [2.45, 2.75) is 72.2 Å². The quantitative estimate of drug-likeness (QED) is 0.483. The summed E-state index contributed by atoms with van der Waals surface area (Å²) in [4.78, 5) is 47.0. The first-order valence-electron chi connectivity index (χ1n) is 10.1. The largest absolute Gasteiger partial charge is 0.463 e. The number of hydrogen-bond acceptors (Lipinski definition) is 9. The SMILES string of the molecule is CC(=O)N[C@@H]1[C@H](Oc2c(C)cccc2C)O[C@H](COC(C)=O)[C@@H](OC(C)=O)[C@@H]1OC(C)=O. The molecule has 0 unspecified atom stereocenters. The molecule has 2 rings (SSSR count). The molecule has 176 valence electrons. The molecule has 0 radical (unpaired) electrons. The van der Waals surface area contributed by atoms with Gasteiger partial charge in [-0.1, -0.05) is 18.2 Å². The Bertz CT molecular complexity index is 849. The van der Waals surface area contributed by atoms with Gasteiger partial charge in [-0.05, 0) is 25.0 Å². The van der Waals surface area contributed by atoms with Crippen molar-refractivity contribution in [3.63, 3.8) is 0 Å². The van der Waals surface area contributed by atoms with Crippen LogP contribution in [0.4, 0.5) is 0 Å². The third-order valence-corrected chi connectivity index (χ3v) is 4.71. The minimum atomic E-state index is -1.16. The molecule has 1 aliphatic heterocycles. The van der Waals surface area contributed by atoms with Gasteiger partial charge in [-0.25, -0.2) is 0 Å². The van der Waals surface area contributed by atoms with Crippen LogP contribution in [0, 0.1) is 13.8 Å². The van der Waals surface area contributed by atoms with E-state index < -0.39 is 54.5 Å². The highest BCUT2D eigenvalue weighted by atomic mass is 16.7. The number of esters is 3. The predicted octanol–water partition coefficient (Wildman–Crippen LogP) is 1.34. The minimum Gasteiger partial charge on any atom is -0.463 e. The topological polar surface area (TPSA) is 126 Å². The van der Waals surface area contributed by atoms with Crippen molar-refractivity contribution in [3.05, 3.63) is 29.3 Å². The van der Waals surface area contributed by atoms with Gasteiger partial charge in [-0.15, -0.1) is 0 Å². The van der Waals surface area contributed by atoms with Crippen molar-refractivity contribution >= 4 is 23.8 Å². The zero-order valence-electron chi connectivity index (χ0n) is 19.0. The third kappa shape index (κ3) is 6.68. The maximum atomic E-state index is 12.0. The fraction of sp³-hybridized carbons (Fsp3) is 0.545. The van der Waals surface area contributed by atoms with E-state index in [-0.39, 0.29) is 6.61 Å². The highest BCUT2D eigenvalue weighted by molar-refractivity contribution is 5.73. The van der Waals surface area contributed by atoms with Crippen molar-refractivity contribution in [1.29, 1.82) is 0 Å². The second-order valence-corrected chi connectivity index (χ2v) is 7.56. The van der Waals surface area contributed by atoms with Gasteiger partial charge in [0.2, 0.25) is 12.2 Å². The molecule has 10 nitrogen and oxygen atoms in total. The van der Waals surface area contributed by atoms with Crippen molar-refractivity contribution < 1.29 is 42.9 Å². The Morgan fingerprint density at radius 1 is 0.906 bits per heavy atom. The standard InChI is InChI=1S/C22H29NO9/c1-11-8-7-9-12(2)19(11)32-22-18(23-13(3)24)21(30-16(6)27)20(29-15(5)26)17(31-22)10-28-14(4)25/h7-9,17-18,20-22H,10H2,1-6H3,(H,23,24)/t17-,18+,20-,21-,22+/m1/s1. The third-order valence-electron chi connectivity index (χ3n) is 4.71. The van der Waals surface area contributed by atoms with Gasteiger partial charge >= 0.3 is 17.9 Å². The van der Waals surface area contributed by atoms with Crippen LogP contribution >= 0.6 is 0 Å². The number of nitrogens with one attached hydrogen (secondary N) is 1. The molecule has 5 atom stereocenters. The van der Waals surface area contributed by atoms with E-state index in [1.807, 2.05) is 32.0 Å². The van der Waals surface area contributed by atoms with Crippen LogP contribution in [0.15, 0.2) is 18.2 Å². The maximum Gasteiger partial charge on any atom is 0.303 e. The number of ether oxygens (including phenoxy) is 5. The second-order valence-electron chi connectivity index (χ2n) is 7.56. The molecule has 1 fully saturated rings. The fourth-order valence-corrected chi connectivity index (χ4v) is 3.49. The molecule has 1 amide bonds. The van der Waals surface area contributed by atoms with Crippen molar-refractivity contribution in [1.82, 2.24) is 5.32 Å². The Labute approximate surface area is 186 Å². The van der Waals surface area contributed by atoms with Gasteiger partial charge < -0.3 is 29.0 Å². The van der Waals surface area contributed by atoms with Gasteiger partial charge in [-0.3, -0.25) is 19.2 Å². The van der Waals surface area contributed by atoms with Crippen LogP contribution < -0.4 is 10.1 Å². The van der Waals surface area contributed by atoms with Crippen molar-refractivity contribution in [2.75, 3.05) is 6.61 Å². The molecule has 0 aromatic heterocycles. The van der Waals surface area contributed by atoms with Crippen LogP contribution in [0.2, 0.25) is 0 Å². The molecule has 32 heavy (non-hydrogen) atoms. The fourth-order valence-electron chi connectivity index (χ4n) is 3.49. The molecule has 1 aromatic rings. The summed E-state index contributed by atoms with van der Waals surface area (Å²) >= 11 is 0. The lowest BCUT2D eigenvalue weighted by molar-refractivity contribution is -0.257. The van der Waals surface area contributed by atoms with Crippen LogP contribution in [-0.4, -0.2) is 61.1 Å². The molecule has 1 heterocycles. The summed E-state index contributed by atoms with van der Waals surface area (Å²) in [7, 11) is 0.